The van der Waals surface area contributed by atoms with Crippen LogP contribution in [0.2, 0.25) is 0 Å². The fourth-order valence-electron chi connectivity index (χ4n) is 4.92. The minimum atomic E-state index is -1.36. The number of thioether (sulfide) groups is 1. The molecule has 2 saturated heterocycles. The zero-order chi connectivity index (χ0) is 26.8. The summed E-state index contributed by atoms with van der Waals surface area (Å²) >= 11 is 1.83. The molecule has 2 heterocycles. The highest BCUT2D eigenvalue weighted by molar-refractivity contribution is 8.00. The van der Waals surface area contributed by atoms with Gasteiger partial charge in [0.05, 0.1) is 18.6 Å². The van der Waals surface area contributed by atoms with Gasteiger partial charge in [-0.3, -0.25) is 14.4 Å². The van der Waals surface area contributed by atoms with E-state index >= 15 is 0 Å². The Kier molecular flexibility index (Phi) is 11.3. The van der Waals surface area contributed by atoms with Crippen LogP contribution >= 0.6 is 11.8 Å². The van der Waals surface area contributed by atoms with Gasteiger partial charge in [0.2, 0.25) is 11.8 Å². The number of fused-ring (bicyclic) bond motifs is 1. The maximum Gasteiger partial charge on any atom is 0.329 e. The molecule has 1 aliphatic carbocycles. The summed E-state index contributed by atoms with van der Waals surface area (Å²) in [6.45, 7) is -0.813. The smallest absolute Gasteiger partial charge is 0.329 e. The van der Waals surface area contributed by atoms with E-state index in [-0.39, 0.29) is 49.6 Å². The van der Waals surface area contributed by atoms with E-state index in [4.69, 9.17) is 4.74 Å². The molecule has 0 radical (unpaired) electrons. The van der Waals surface area contributed by atoms with Crippen LogP contribution in [0, 0.1) is 0 Å². The summed E-state index contributed by atoms with van der Waals surface area (Å²) in [6, 6.07) is -0.909. The maximum absolute atomic E-state index is 12.4. The quantitative estimate of drug-likeness (QED) is 0.117. The molecule has 0 bridgehead atoms. The number of nitrogens with one attached hydrogen (secondary N) is 4. The number of unbranched alkanes of at least 4 members (excludes halogenated alkanes) is 1. The molecule has 0 aromatic heterocycles. The van der Waals surface area contributed by atoms with Crippen molar-refractivity contribution in [3.8, 4) is 0 Å². The molecule has 1 saturated carbocycles. The van der Waals surface area contributed by atoms with E-state index in [9.17, 15) is 29.1 Å². The highest BCUT2D eigenvalue weighted by atomic mass is 32.2. The second-order valence-corrected chi connectivity index (χ2v) is 11.2. The topological polar surface area (TPSA) is 166 Å². The number of esters is 1. The van der Waals surface area contributed by atoms with Crippen molar-refractivity contribution in [1.82, 2.24) is 26.2 Å². The van der Waals surface area contributed by atoms with Gasteiger partial charge < -0.3 is 36.0 Å². The Bertz CT molecular complexity index is 838. The molecule has 3 fully saturated rings. The first kappa shape index (κ1) is 29.0. The van der Waals surface area contributed by atoms with Gasteiger partial charge in [0.25, 0.3) is 0 Å². The predicted octanol–water partition coefficient (Wildman–Crippen LogP) is 0.206. The Morgan fingerprint density at radius 1 is 1.16 bits per heavy atom. The highest BCUT2D eigenvalue weighted by Gasteiger charge is 2.42. The van der Waals surface area contributed by atoms with Gasteiger partial charge in [0.15, 0.2) is 6.04 Å². The number of hydrogen-bond acceptors (Lipinski definition) is 8. The van der Waals surface area contributed by atoms with Crippen molar-refractivity contribution in [3.05, 3.63) is 0 Å². The SMILES string of the molecule is CN(CC(=O)OCC(NC(=O)CNC1CCCCC1)C(=O)O)C(=O)CCCCC1SCC2NC(=O)NC21. The predicted molar refractivity (Wildman–Crippen MR) is 137 cm³/mol. The number of carboxylic acids is 1. The van der Waals surface area contributed by atoms with E-state index in [0.29, 0.717) is 11.7 Å². The van der Waals surface area contributed by atoms with E-state index in [0.717, 1.165) is 44.3 Å². The van der Waals surface area contributed by atoms with Crippen LogP contribution in [0.3, 0.4) is 0 Å². The van der Waals surface area contributed by atoms with E-state index in [1.807, 2.05) is 11.8 Å². The van der Waals surface area contributed by atoms with Crippen molar-refractivity contribution in [2.75, 3.05) is 32.5 Å². The number of urea groups is 1. The van der Waals surface area contributed by atoms with Crippen LogP contribution < -0.4 is 21.3 Å². The van der Waals surface area contributed by atoms with Crippen LogP contribution in [0.1, 0.15) is 57.8 Å². The minimum Gasteiger partial charge on any atom is -0.480 e. The van der Waals surface area contributed by atoms with Crippen molar-refractivity contribution in [3.63, 3.8) is 0 Å². The van der Waals surface area contributed by atoms with Crippen molar-refractivity contribution in [2.24, 2.45) is 0 Å². The molecule has 4 atom stereocenters. The molecule has 4 unspecified atom stereocenters. The van der Waals surface area contributed by atoms with Crippen LogP contribution in [0.5, 0.6) is 0 Å². The minimum absolute atomic E-state index is 0.00578. The van der Waals surface area contributed by atoms with Gasteiger partial charge in [0, 0.05) is 30.5 Å². The van der Waals surface area contributed by atoms with Gasteiger partial charge in [-0.05, 0) is 25.7 Å². The van der Waals surface area contributed by atoms with Crippen LogP contribution in [0.15, 0.2) is 0 Å². The molecular weight excluding hydrogens is 502 g/mol. The second-order valence-electron chi connectivity index (χ2n) is 9.97. The molecule has 13 heteroatoms. The van der Waals surface area contributed by atoms with Crippen molar-refractivity contribution >= 4 is 41.5 Å². The third kappa shape index (κ3) is 9.37. The number of carbonyl (C=O) groups excluding carboxylic acids is 4. The van der Waals surface area contributed by atoms with Crippen LogP contribution in [-0.2, 0) is 23.9 Å². The second kappa shape index (κ2) is 14.4. The molecular formula is C24H39N5O7S. The van der Waals surface area contributed by atoms with Crippen molar-refractivity contribution in [2.45, 2.75) is 87.2 Å². The molecule has 3 aliphatic rings. The van der Waals surface area contributed by atoms with Crippen LogP contribution in [-0.4, -0.2) is 102 Å². The Labute approximate surface area is 221 Å². The molecule has 0 aromatic carbocycles. The molecule has 5 N–H and O–H groups in total. The largest absolute Gasteiger partial charge is 0.480 e. The molecule has 3 rings (SSSR count). The summed E-state index contributed by atoms with van der Waals surface area (Å²) in [6.07, 6.45) is 8.08. The number of amides is 4. The standard InChI is InChI=1S/C24H39N5O7S/c1-29(20(31)10-6-5-9-18-22-17(14-37-18)27-24(35)28-22)12-21(32)36-13-16(23(33)34)26-19(30)11-25-15-7-3-2-4-8-15/h15-18,22,25H,2-14H2,1H3,(H,26,30)(H,33,34)(H2,27,28,35). The number of aliphatic carboxylic acids is 1. The number of carbonyl (C=O) groups is 5. The van der Waals surface area contributed by atoms with E-state index in [1.165, 1.54) is 18.4 Å². The summed E-state index contributed by atoms with van der Waals surface area (Å²) in [4.78, 5) is 60.9. The molecule has 2 aliphatic heterocycles. The fraction of sp³-hybridized carbons (Fsp3) is 0.792. The maximum atomic E-state index is 12.4. The number of ether oxygens (including phenoxy) is 1. The zero-order valence-corrected chi connectivity index (χ0v) is 22.1. The van der Waals surface area contributed by atoms with E-state index in [2.05, 4.69) is 21.3 Å². The number of carboxylic acid groups (broad SMARTS) is 1. The number of hydrogen-bond donors (Lipinski definition) is 5. The number of nitrogens with zero attached hydrogens (tertiary/aromatic N) is 1. The molecule has 0 spiro atoms. The summed E-state index contributed by atoms with van der Waals surface area (Å²) in [7, 11) is 1.49. The van der Waals surface area contributed by atoms with Gasteiger partial charge >= 0.3 is 18.0 Å². The first-order valence-electron chi connectivity index (χ1n) is 13.1. The molecule has 4 amide bonds. The van der Waals surface area contributed by atoms with Crippen molar-refractivity contribution < 1.29 is 33.8 Å². The Morgan fingerprint density at radius 3 is 2.65 bits per heavy atom. The zero-order valence-electron chi connectivity index (χ0n) is 21.3. The highest BCUT2D eigenvalue weighted by Crippen LogP contribution is 2.33. The van der Waals surface area contributed by atoms with Gasteiger partial charge in [0.1, 0.15) is 13.2 Å². The van der Waals surface area contributed by atoms with E-state index < -0.39 is 30.5 Å². The summed E-state index contributed by atoms with van der Waals surface area (Å²) in [5.41, 5.74) is 0. The number of rotatable bonds is 14. The normalized spacial score (nSPS) is 23.9. The first-order valence-corrected chi connectivity index (χ1v) is 14.1. The van der Waals surface area contributed by atoms with Gasteiger partial charge in [-0.25, -0.2) is 9.59 Å². The molecule has 37 heavy (non-hydrogen) atoms. The Morgan fingerprint density at radius 2 is 1.92 bits per heavy atom. The Hall–Kier alpha value is -2.54. The van der Waals surface area contributed by atoms with Crippen LogP contribution in [0.25, 0.3) is 0 Å². The third-order valence-corrected chi connectivity index (χ3v) is 8.57. The van der Waals surface area contributed by atoms with E-state index in [1.54, 1.807) is 0 Å². The lowest BCUT2D eigenvalue weighted by atomic mass is 9.95. The third-order valence-electron chi connectivity index (χ3n) is 7.06. The average molecular weight is 542 g/mol. The lowest BCUT2D eigenvalue weighted by Gasteiger charge is -2.23. The lowest BCUT2D eigenvalue weighted by molar-refractivity contribution is -0.153. The van der Waals surface area contributed by atoms with Gasteiger partial charge in [-0.2, -0.15) is 11.8 Å². The fourth-order valence-corrected chi connectivity index (χ4v) is 6.47. The van der Waals surface area contributed by atoms with Gasteiger partial charge in [-0.15, -0.1) is 0 Å². The van der Waals surface area contributed by atoms with Crippen LogP contribution in [0.4, 0.5) is 4.79 Å². The summed E-state index contributed by atoms with van der Waals surface area (Å²) < 4.78 is 5.03. The average Bonchev–Trinajstić information content (AvgIpc) is 3.42. The first-order chi connectivity index (χ1) is 17.7. The summed E-state index contributed by atoms with van der Waals surface area (Å²) in [5.74, 6) is -1.83. The molecule has 12 nitrogen and oxygen atoms in total. The summed E-state index contributed by atoms with van der Waals surface area (Å²) in [5, 5.41) is 21.1. The lowest BCUT2D eigenvalue weighted by Crippen LogP contribution is -2.49. The number of likely N-dealkylation sites (N-methyl/N-ethyl adjacent to an activating group) is 1. The molecule has 208 valence electrons. The monoisotopic (exact) mass is 541 g/mol. The van der Waals surface area contributed by atoms with Crippen molar-refractivity contribution in [1.29, 1.82) is 0 Å². The Balaban J connectivity index is 1.28. The molecule has 0 aromatic rings. The van der Waals surface area contributed by atoms with Gasteiger partial charge in [-0.1, -0.05) is 25.7 Å².